The largest absolute Gasteiger partial charge is 0.313 e. The molecule has 2 aromatic heterocycles. The predicted octanol–water partition coefficient (Wildman–Crippen LogP) is 2.21. The van der Waals surface area contributed by atoms with E-state index in [9.17, 15) is 9.59 Å². The second-order valence-electron chi connectivity index (χ2n) is 4.63. The number of aromatic nitrogens is 3. The SMILES string of the molecule is CN(c1ccncc1)c1nccc(/C=C2\SC(=O)CC2=O)n1. The fourth-order valence-electron chi connectivity index (χ4n) is 1.97. The lowest BCUT2D eigenvalue weighted by atomic mass is 10.2. The van der Waals surface area contributed by atoms with E-state index in [4.69, 9.17) is 0 Å². The van der Waals surface area contributed by atoms with E-state index in [1.54, 1.807) is 30.7 Å². The van der Waals surface area contributed by atoms with Crippen LogP contribution in [0.4, 0.5) is 11.6 Å². The van der Waals surface area contributed by atoms with Crippen LogP contribution >= 0.6 is 11.8 Å². The minimum atomic E-state index is -0.155. The second kappa shape index (κ2) is 6.07. The molecule has 0 bridgehead atoms. The Labute approximate surface area is 131 Å². The Morgan fingerprint density at radius 1 is 1.18 bits per heavy atom. The van der Waals surface area contributed by atoms with E-state index >= 15 is 0 Å². The van der Waals surface area contributed by atoms with Crippen molar-refractivity contribution < 1.29 is 9.59 Å². The molecule has 1 fully saturated rings. The zero-order valence-corrected chi connectivity index (χ0v) is 12.6. The van der Waals surface area contributed by atoms with Gasteiger partial charge in [-0.15, -0.1) is 0 Å². The van der Waals surface area contributed by atoms with Crippen LogP contribution in [0.15, 0.2) is 41.7 Å². The summed E-state index contributed by atoms with van der Waals surface area (Å²) in [6.45, 7) is 0. The summed E-state index contributed by atoms with van der Waals surface area (Å²) in [6.07, 6.45) is 6.60. The summed E-state index contributed by atoms with van der Waals surface area (Å²) in [4.78, 5) is 37.8. The number of carbonyl (C=O) groups is 2. The van der Waals surface area contributed by atoms with Crippen LogP contribution in [0.1, 0.15) is 12.1 Å². The van der Waals surface area contributed by atoms with E-state index in [2.05, 4.69) is 15.0 Å². The zero-order chi connectivity index (χ0) is 15.5. The normalized spacial score (nSPS) is 16.3. The van der Waals surface area contributed by atoms with Gasteiger partial charge in [0.1, 0.15) is 0 Å². The van der Waals surface area contributed by atoms with Crippen molar-refractivity contribution in [1.29, 1.82) is 0 Å². The fourth-order valence-corrected chi connectivity index (χ4v) is 2.78. The van der Waals surface area contributed by atoms with Crippen LogP contribution in [-0.2, 0) is 9.59 Å². The molecule has 0 aromatic carbocycles. The van der Waals surface area contributed by atoms with Crippen molar-refractivity contribution in [2.24, 2.45) is 0 Å². The van der Waals surface area contributed by atoms with Gasteiger partial charge in [0.2, 0.25) is 11.1 Å². The number of hydrogen-bond acceptors (Lipinski definition) is 7. The highest BCUT2D eigenvalue weighted by Gasteiger charge is 2.25. The molecule has 2 aromatic rings. The van der Waals surface area contributed by atoms with Crippen molar-refractivity contribution >= 4 is 40.4 Å². The molecule has 1 aliphatic rings. The Kier molecular flexibility index (Phi) is 3.97. The average Bonchev–Trinajstić information content (AvgIpc) is 2.85. The summed E-state index contributed by atoms with van der Waals surface area (Å²) in [6, 6.07) is 5.40. The molecule has 110 valence electrons. The van der Waals surface area contributed by atoms with Gasteiger partial charge in [0, 0.05) is 31.3 Å². The zero-order valence-electron chi connectivity index (χ0n) is 11.8. The quantitative estimate of drug-likeness (QED) is 0.635. The molecule has 0 saturated carbocycles. The number of Topliss-reactive ketones (excluding diaryl/α,β-unsaturated/α-hetero) is 1. The smallest absolute Gasteiger partial charge is 0.230 e. The first-order chi connectivity index (χ1) is 10.6. The molecule has 1 aliphatic heterocycles. The van der Waals surface area contributed by atoms with Crippen LogP contribution in [0.5, 0.6) is 0 Å². The topological polar surface area (TPSA) is 76.1 Å². The number of ketones is 1. The first kappa shape index (κ1) is 14.4. The maximum Gasteiger partial charge on any atom is 0.230 e. The Morgan fingerprint density at radius 3 is 2.64 bits per heavy atom. The summed E-state index contributed by atoms with van der Waals surface area (Å²) in [5.41, 5.74) is 1.50. The number of rotatable bonds is 3. The van der Waals surface area contributed by atoms with Gasteiger partial charge in [-0.25, -0.2) is 9.97 Å². The van der Waals surface area contributed by atoms with Crippen molar-refractivity contribution in [3.63, 3.8) is 0 Å². The van der Waals surface area contributed by atoms with E-state index in [1.165, 1.54) is 0 Å². The minimum Gasteiger partial charge on any atom is -0.313 e. The lowest BCUT2D eigenvalue weighted by Gasteiger charge is -2.16. The molecule has 7 heteroatoms. The standard InChI is InChI=1S/C15H12N4O2S/c1-19(11-3-5-16-6-4-11)15-17-7-2-10(18-15)8-13-12(20)9-14(21)22-13/h2-8H,9H2,1H3/b13-8-. The van der Waals surface area contributed by atoms with Crippen molar-refractivity contribution in [2.75, 3.05) is 11.9 Å². The van der Waals surface area contributed by atoms with E-state index < -0.39 is 0 Å². The molecule has 6 nitrogen and oxygen atoms in total. The Bertz CT molecular complexity index is 761. The van der Waals surface area contributed by atoms with Crippen LogP contribution in [0.3, 0.4) is 0 Å². The van der Waals surface area contributed by atoms with Gasteiger partial charge in [-0.05, 0) is 36.0 Å². The highest BCUT2D eigenvalue weighted by Crippen LogP contribution is 2.30. The van der Waals surface area contributed by atoms with Crippen molar-refractivity contribution in [1.82, 2.24) is 15.0 Å². The van der Waals surface area contributed by atoms with E-state index in [0.29, 0.717) is 16.5 Å². The molecular weight excluding hydrogens is 300 g/mol. The maximum absolute atomic E-state index is 11.7. The van der Waals surface area contributed by atoms with Gasteiger partial charge in [-0.1, -0.05) is 0 Å². The van der Waals surface area contributed by atoms with E-state index in [1.807, 2.05) is 24.1 Å². The third-order valence-corrected chi connectivity index (χ3v) is 4.03. The molecule has 0 radical (unpaired) electrons. The van der Waals surface area contributed by atoms with Crippen LogP contribution in [0.25, 0.3) is 6.08 Å². The van der Waals surface area contributed by atoms with Crippen molar-refractivity contribution in [3.8, 4) is 0 Å². The summed E-state index contributed by atoms with van der Waals surface area (Å²) < 4.78 is 0. The number of nitrogens with zero attached hydrogens (tertiary/aromatic N) is 4. The lowest BCUT2D eigenvalue weighted by molar-refractivity contribution is -0.119. The molecule has 1 saturated heterocycles. The third kappa shape index (κ3) is 3.04. The van der Waals surface area contributed by atoms with Gasteiger partial charge in [0.25, 0.3) is 0 Å². The second-order valence-corrected chi connectivity index (χ2v) is 5.73. The number of pyridine rings is 1. The molecule has 0 atom stereocenters. The summed E-state index contributed by atoms with van der Waals surface area (Å²) in [7, 11) is 1.85. The highest BCUT2D eigenvalue weighted by atomic mass is 32.2. The Hall–Kier alpha value is -2.54. The molecule has 3 heterocycles. The van der Waals surface area contributed by atoms with Gasteiger partial charge in [0.05, 0.1) is 17.0 Å². The number of hydrogen-bond donors (Lipinski definition) is 0. The van der Waals surface area contributed by atoms with Gasteiger partial charge < -0.3 is 4.90 Å². The molecule has 3 rings (SSSR count). The van der Waals surface area contributed by atoms with E-state index in [0.717, 1.165) is 17.4 Å². The van der Waals surface area contributed by atoms with Gasteiger partial charge >= 0.3 is 0 Å². The summed E-state index contributed by atoms with van der Waals surface area (Å²) in [5, 5.41) is -0.126. The fraction of sp³-hybridized carbons (Fsp3) is 0.133. The molecular formula is C15H12N4O2S. The van der Waals surface area contributed by atoms with Gasteiger partial charge in [-0.3, -0.25) is 14.6 Å². The monoisotopic (exact) mass is 312 g/mol. The molecule has 0 spiro atoms. The molecule has 0 amide bonds. The minimum absolute atomic E-state index is 0.0364. The number of carbonyl (C=O) groups excluding carboxylic acids is 2. The van der Waals surface area contributed by atoms with Crippen LogP contribution in [-0.4, -0.2) is 32.9 Å². The van der Waals surface area contributed by atoms with Crippen molar-refractivity contribution in [2.45, 2.75) is 6.42 Å². The molecule has 0 aliphatic carbocycles. The number of anilines is 2. The molecule has 0 N–H and O–H groups in total. The Morgan fingerprint density at radius 2 is 1.95 bits per heavy atom. The average molecular weight is 312 g/mol. The number of allylic oxidation sites excluding steroid dienone is 1. The lowest BCUT2D eigenvalue weighted by Crippen LogP contribution is -2.13. The molecule has 0 unspecified atom stereocenters. The first-order valence-electron chi connectivity index (χ1n) is 6.56. The van der Waals surface area contributed by atoms with E-state index in [-0.39, 0.29) is 17.3 Å². The van der Waals surface area contributed by atoms with Crippen LogP contribution in [0.2, 0.25) is 0 Å². The van der Waals surface area contributed by atoms with Crippen LogP contribution < -0.4 is 4.90 Å². The number of thioether (sulfide) groups is 1. The third-order valence-electron chi connectivity index (χ3n) is 3.10. The maximum atomic E-state index is 11.7. The highest BCUT2D eigenvalue weighted by molar-refractivity contribution is 8.18. The Balaban J connectivity index is 1.89. The summed E-state index contributed by atoms with van der Waals surface area (Å²) in [5.74, 6) is 0.347. The summed E-state index contributed by atoms with van der Waals surface area (Å²) >= 11 is 0.969. The predicted molar refractivity (Wildman–Crippen MR) is 84.5 cm³/mol. The van der Waals surface area contributed by atoms with Gasteiger partial charge in [-0.2, -0.15) is 0 Å². The first-order valence-corrected chi connectivity index (χ1v) is 7.37. The van der Waals surface area contributed by atoms with Crippen LogP contribution in [0, 0.1) is 0 Å². The van der Waals surface area contributed by atoms with Crippen molar-refractivity contribution in [3.05, 3.63) is 47.4 Å². The van der Waals surface area contributed by atoms with Gasteiger partial charge in [0.15, 0.2) is 5.78 Å². The molecule has 22 heavy (non-hydrogen) atoms.